The minimum absolute atomic E-state index is 0.0540. The summed E-state index contributed by atoms with van der Waals surface area (Å²) in [5, 5.41) is 15.4. The Labute approximate surface area is 141 Å². The predicted octanol–water partition coefficient (Wildman–Crippen LogP) is 2.18. The first-order chi connectivity index (χ1) is 11.5. The van der Waals surface area contributed by atoms with Crippen molar-refractivity contribution in [2.24, 2.45) is 16.3 Å². The maximum Gasteiger partial charge on any atom is 0.191 e. The molecule has 0 bridgehead atoms. The van der Waals surface area contributed by atoms with Gasteiger partial charge in [-0.1, -0.05) is 19.9 Å². The molecule has 1 aliphatic carbocycles. The highest BCUT2D eigenvalue weighted by molar-refractivity contribution is 5.80. The Bertz CT molecular complexity index is 695. The average molecular weight is 330 g/mol. The van der Waals surface area contributed by atoms with Gasteiger partial charge in [-0.25, -0.2) is 4.39 Å². The van der Waals surface area contributed by atoms with E-state index in [1.54, 1.807) is 19.2 Å². The van der Waals surface area contributed by atoms with Crippen LogP contribution in [0.1, 0.15) is 31.4 Å². The highest BCUT2D eigenvalue weighted by atomic mass is 19.1. The van der Waals surface area contributed by atoms with Gasteiger partial charge in [0.1, 0.15) is 5.82 Å². The third kappa shape index (κ3) is 2.84. The number of ether oxygens (including phenoxy) is 1. The van der Waals surface area contributed by atoms with Crippen LogP contribution < -0.4 is 10.6 Å². The minimum atomic E-state index is -0.384. The zero-order chi connectivity index (χ0) is 17.3. The van der Waals surface area contributed by atoms with Crippen LogP contribution in [-0.4, -0.2) is 31.8 Å². The molecule has 0 amide bonds. The van der Waals surface area contributed by atoms with Crippen LogP contribution >= 0.6 is 0 Å². The van der Waals surface area contributed by atoms with Crippen molar-refractivity contribution in [3.63, 3.8) is 0 Å². The lowest BCUT2D eigenvalue weighted by Crippen LogP contribution is -2.67. The van der Waals surface area contributed by atoms with Gasteiger partial charge in [-0.2, -0.15) is 5.26 Å². The van der Waals surface area contributed by atoms with Gasteiger partial charge >= 0.3 is 0 Å². The van der Waals surface area contributed by atoms with Crippen LogP contribution in [-0.2, 0) is 11.3 Å². The molecule has 0 spiro atoms. The van der Waals surface area contributed by atoms with Crippen LogP contribution in [0.5, 0.6) is 0 Å². The Hall–Kier alpha value is -2.13. The first-order valence-electron chi connectivity index (χ1n) is 8.24. The number of aliphatic imine (C=N–C) groups is 1. The quantitative estimate of drug-likeness (QED) is 0.658. The summed E-state index contributed by atoms with van der Waals surface area (Å²) in [6, 6.07) is 6.72. The molecule has 1 heterocycles. The Kier molecular flexibility index (Phi) is 4.46. The van der Waals surface area contributed by atoms with Gasteiger partial charge in [0.15, 0.2) is 5.96 Å². The fraction of sp³-hybridized carbons (Fsp3) is 0.556. The number of nitrogens with zero attached hydrogens (tertiary/aromatic N) is 2. The number of hydrogen-bond donors (Lipinski definition) is 2. The number of nitriles is 1. The van der Waals surface area contributed by atoms with Crippen LogP contribution in [0.25, 0.3) is 0 Å². The SMILES string of the molecule is CN=C(NCc1ccc(C#N)cc1F)NC1C2CCOC2C1(C)C. The number of halogens is 1. The summed E-state index contributed by atoms with van der Waals surface area (Å²) in [6.07, 6.45) is 1.37. The lowest BCUT2D eigenvalue weighted by molar-refractivity contribution is -0.106. The van der Waals surface area contributed by atoms with Gasteiger partial charge in [0, 0.05) is 43.1 Å². The standard InChI is InChI=1S/C18H23FN4O/c1-18(2)15(13-6-7-24-16(13)18)23-17(21-3)22-10-12-5-4-11(9-20)8-14(12)19/h4-5,8,13,15-16H,6-7,10H2,1-3H3,(H2,21,22,23). The van der Waals surface area contributed by atoms with Crippen molar-refractivity contribution in [3.05, 3.63) is 35.1 Å². The van der Waals surface area contributed by atoms with E-state index < -0.39 is 0 Å². The van der Waals surface area contributed by atoms with Gasteiger partial charge in [-0.05, 0) is 18.6 Å². The maximum absolute atomic E-state index is 14.0. The van der Waals surface area contributed by atoms with Crippen LogP contribution in [0.3, 0.4) is 0 Å². The number of rotatable bonds is 3. The van der Waals surface area contributed by atoms with Crippen LogP contribution in [0.2, 0.25) is 0 Å². The largest absolute Gasteiger partial charge is 0.377 e. The molecule has 2 aliphatic rings. The van der Waals surface area contributed by atoms with E-state index in [9.17, 15) is 4.39 Å². The number of benzene rings is 1. The zero-order valence-electron chi connectivity index (χ0n) is 14.3. The lowest BCUT2D eigenvalue weighted by atomic mass is 9.57. The molecule has 1 aromatic carbocycles. The van der Waals surface area contributed by atoms with Gasteiger partial charge < -0.3 is 15.4 Å². The van der Waals surface area contributed by atoms with Gasteiger partial charge in [-0.15, -0.1) is 0 Å². The van der Waals surface area contributed by atoms with E-state index in [4.69, 9.17) is 10.00 Å². The molecule has 128 valence electrons. The fourth-order valence-corrected chi connectivity index (χ4v) is 3.90. The molecular weight excluding hydrogens is 307 g/mol. The molecule has 24 heavy (non-hydrogen) atoms. The van der Waals surface area contributed by atoms with E-state index in [0.717, 1.165) is 13.0 Å². The Morgan fingerprint density at radius 1 is 1.50 bits per heavy atom. The van der Waals surface area contributed by atoms with Crippen molar-refractivity contribution >= 4 is 5.96 Å². The van der Waals surface area contributed by atoms with E-state index >= 15 is 0 Å². The Morgan fingerprint density at radius 2 is 2.29 bits per heavy atom. The molecule has 1 saturated heterocycles. The molecule has 2 N–H and O–H groups in total. The van der Waals surface area contributed by atoms with E-state index in [2.05, 4.69) is 29.5 Å². The van der Waals surface area contributed by atoms with Gasteiger partial charge in [0.05, 0.1) is 17.7 Å². The highest BCUT2D eigenvalue weighted by Crippen LogP contribution is 2.52. The van der Waals surface area contributed by atoms with E-state index in [-0.39, 0.29) is 11.2 Å². The lowest BCUT2D eigenvalue weighted by Gasteiger charge is -2.54. The summed E-state index contributed by atoms with van der Waals surface area (Å²) in [5.74, 6) is 0.776. The molecular formula is C18H23FN4O. The van der Waals surface area contributed by atoms with E-state index in [1.807, 2.05) is 6.07 Å². The molecule has 3 rings (SSSR count). The monoisotopic (exact) mass is 330 g/mol. The molecule has 2 fully saturated rings. The summed E-state index contributed by atoms with van der Waals surface area (Å²) in [4.78, 5) is 4.25. The van der Waals surface area contributed by atoms with Gasteiger partial charge in [0.2, 0.25) is 0 Å². The summed E-state index contributed by atoms with van der Waals surface area (Å²) in [6.45, 7) is 5.53. The van der Waals surface area contributed by atoms with Crippen LogP contribution in [0.4, 0.5) is 4.39 Å². The summed E-state index contributed by atoms with van der Waals surface area (Å²) in [5.41, 5.74) is 0.882. The van der Waals surface area contributed by atoms with Crippen molar-refractivity contribution in [3.8, 4) is 6.07 Å². The third-order valence-corrected chi connectivity index (χ3v) is 5.24. The molecule has 6 heteroatoms. The summed E-state index contributed by atoms with van der Waals surface area (Å²) >= 11 is 0. The fourth-order valence-electron chi connectivity index (χ4n) is 3.90. The molecule has 1 aliphatic heterocycles. The molecule has 1 aromatic rings. The molecule has 5 nitrogen and oxygen atoms in total. The van der Waals surface area contributed by atoms with Gasteiger partial charge in [0.25, 0.3) is 0 Å². The summed E-state index contributed by atoms with van der Waals surface area (Å²) < 4.78 is 19.8. The minimum Gasteiger partial charge on any atom is -0.377 e. The first kappa shape index (κ1) is 16.7. The number of hydrogen-bond acceptors (Lipinski definition) is 3. The van der Waals surface area contributed by atoms with E-state index in [1.165, 1.54) is 6.07 Å². The normalized spacial score (nSPS) is 27.8. The number of nitrogens with one attached hydrogen (secondary N) is 2. The molecule has 3 atom stereocenters. The second-order valence-electron chi connectivity index (χ2n) is 7.03. The molecule has 0 radical (unpaired) electrons. The van der Waals surface area contributed by atoms with Crippen LogP contribution in [0, 0.1) is 28.5 Å². The van der Waals surface area contributed by atoms with Crippen LogP contribution in [0.15, 0.2) is 23.2 Å². The first-order valence-corrected chi connectivity index (χ1v) is 8.24. The van der Waals surface area contributed by atoms with Crippen molar-refractivity contribution < 1.29 is 9.13 Å². The second-order valence-corrected chi connectivity index (χ2v) is 7.03. The predicted molar refractivity (Wildman–Crippen MR) is 89.9 cm³/mol. The average Bonchev–Trinajstić information content (AvgIpc) is 3.03. The molecule has 0 aromatic heterocycles. The highest BCUT2D eigenvalue weighted by Gasteiger charge is 2.59. The van der Waals surface area contributed by atoms with Gasteiger partial charge in [-0.3, -0.25) is 4.99 Å². The number of guanidine groups is 1. The smallest absolute Gasteiger partial charge is 0.191 e. The number of fused-ring (bicyclic) bond motifs is 1. The maximum atomic E-state index is 14.0. The van der Waals surface area contributed by atoms with E-state index in [0.29, 0.717) is 41.7 Å². The molecule has 3 unspecified atom stereocenters. The summed E-state index contributed by atoms with van der Waals surface area (Å²) in [7, 11) is 1.71. The zero-order valence-corrected chi connectivity index (χ0v) is 14.3. The van der Waals surface area contributed by atoms with Crippen molar-refractivity contribution in [1.29, 1.82) is 5.26 Å². The van der Waals surface area contributed by atoms with Crippen molar-refractivity contribution in [1.82, 2.24) is 10.6 Å². The Morgan fingerprint density at radius 3 is 2.96 bits per heavy atom. The molecule has 1 saturated carbocycles. The Balaban J connectivity index is 1.61. The third-order valence-electron chi connectivity index (χ3n) is 5.24. The van der Waals surface area contributed by atoms with Crippen molar-refractivity contribution in [2.45, 2.75) is 39.0 Å². The topological polar surface area (TPSA) is 69.4 Å². The van der Waals surface area contributed by atoms with Crippen molar-refractivity contribution in [2.75, 3.05) is 13.7 Å². The second kappa shape index (κ2) is 6.40.